The molecule has 9 heteroatoms. The molecule has 0 aliphatic rings. The van der Waals surface area contributed by atoms with Crippen molar-refractivity contribution in [2.45, 2.75) is 32.1 Å². The summed E-state index contributed by atoms with van der Waals surface area (Å²) in [7, 11) is 1.51. The van der Waals surface area contributed by atoms with Crippen LogP contribution in [0.3, 0.4) is 0 Å². The number of amides is 2. The first-order chi connectivity index (χ1) is 16.6. The molecule has 2 rings (SSSR count). The van der Waals surface area contributed by atoms with E-state index in [1.165, 1.54) is 13.3 Å². The van der Waals surface area contributed by atoms with Gasteiger partial charge >= 0.3 is 0 Å². The molecule has 0 bridgehead atoms. The highest BCUT2D eigenvalue weighted by Crippen LogP contribution is 2.28. The van der Waals surface area contributed by atoms with E-state index in [2.05, 4.69) is 16.4 Å². The van der Waals surface area contributed by atoms with E-state index >= 15 is 0 Å². The molecule has 0 spiro atoms. The predicted octanol–water partition coefficient (Wildman–Crippen LogP) is 3.31. The zero-order valence-electron chi connectivity index (χ0n) is 19.1. The van der Waals surface area contributed by atoms with Crippen molar-refractivity contribution < 1.29 is 29.0 Å². The summed E-state index contributed by atoms with van der Waals surface area (Å²) in [6.07, 6.45) is 10.2. The van der Waals surface area contributed by atoms with Gasteiger partial charge in [0.05, 0.1) is 19.9 Å². The van der Waals surface area contributed by atoms with Crippen LogP contribution in [-0.2, 0) is 4.79 Å². The van der Waals surface area contributed by atoms with Gasteiger partial charge in [0.25, 0.3) is 5.91 Å². The Hall–Kier alpha value is -4.03. The third-order valence-electron chi connectivity index (χ3n) is 4.69. The summed E-state index contributed by atoms with van der Waals surface area (Å²) in [5.41, 5.74) is 5.26. The van der Waals surface area contributed by atoms with Gasteiger partial charge in [0.1, 0.15) is 12.4 Å². The summed E-state index contributed by atoms with van der Waals surface area (Å²) in [5.74, 6) is 3.27. The summed E-state index contributed by atoms with van der Waals surface area (Å²) < 4.78 is 16.4. The number of benzene rings is 2. The quantitative estimate of drug-likeness (QED) is 0.129. The second kappa shape index (κ2) is 14.9. The van der Waals surface area contributed by atoms with Crippen molar-refractivity contribution in [3.8, 4) is 29.6 Å². The van der Waals surface area contributed by atoms with Crippen molar-refractivity contribution in [2.24, 2.45) is 5.10 Å². The molecule has 0 fully saturated rings. The Kier molecular flexibility index (Phi) is 11.5. The van der Waals surface area contributed by atoms with E-state index in [0.29, 0.717) is 42.3 Å². The van der Waals surface area contributed by atoms with E-state index in [-0.39, 0.29) is 18.4 Å². The average molecular weight is 468 g/mol. The summed E-state index contributed by atoms with van der Waals surface area (Å²) in [6.45, 7) is 0.676. The number of hydrazone groups is 1. The molecule has 9 nitrogen and oxygen atoms in total. The Balaban J connectivity index is 1.80. The highest BCUT2D eigenvalue weighted by molar-refractivity contribution is 5.95. The SMILES string of the molecule is C#CCOc1ccc(/C=N/NC(=O)c2ccc(OCCCCCCC(=O)NO)c(OC)c2)cc1. The molecule has 0 aliphatic heterocycles. The maximum absolute atomic E-state index is 12.4. The first-order valence-corrected chi connectivity index (χ1v) is 10.8. The first-order valence-electron chi connectivity index (χ1n) is 10.8. The Bertz CT molecular complexity index is 999. The lowest BCUT2D eigenvalue weighted by molar-refractivity contribution is -0.129. The van der Waals surface area contributed by atoms with Gasteiger partial charge in [-0.05, 0) is 60.9 Å². The molecule has 0 aliphatic carbocycles. The van der Waals surface area contributed by atoms with Crippen LogP contribution < -0.4 is 25.1 Å². The molecule has 0 heterocycles. The van der Waals surface area contributed by atoms with Gasteiger partial charge in [0.15, 0.2) is 11.5 Å². The molecule has 0 saturated carbocycles. The van der Waals surface area contributed by atoms with Crippen LogP contribution in [0.25, 0.3) is 0 Å². The molecule has 0 unspecified atom stereocenters. The average Bonchev–Trinajstić information content (AvgIpc) is 2.87. The fraction of sp³-hybridized carbons (Fsp3) is 0.320. The molecule has 0 saturated heterocycles. The van der Waals surface area contributed by atoms with Crippen LogP contribution in [0.15, 0.2) is 47.6 Å². The number of rotatable bonds is 14. The number of unbranched alkanes of at least 4 members (excludes halogenated alkanes) is 3. The van der Waals surface area contributed by atoms with Crippen LogP contribution in [0.1, 0.15) is 48.0 Å². The zero-order valence-corrected chi connectivity index (χ0v) is 19.1. The normalized spacial score (nSPS) is 10.4. The van der Waals surface area contributed by atoms with Crippen molar-refractivity contribution in [3.63, 3.8) is 0 Å². The van der Waals surface area contributed by atoms with Gasteiger partial charge in [-0.2, -0.15) is 5.10 Å². The number of methoxy groups -OCH3 is 1. The molecule has 2 aromatic carbocycles. The second-order valence-corrected chi connectivity index (χ2v) is 7.17. The molecular formula is C25H29N3O6. The Labute approximate surface area is 199 Å². The van der Waals surface area contributed by atoms with Gasteiger partial charge < -0.3 is 14.2 Å². The van der Waals surface area contributed by atoms with Crippen LogP contribution in [-0.4, -0.2) is 43.6 Å². The molecule has 2 amide bonds. The Morgan fingerprint density at radius 3 is 2.53 bits per heavy atom. The van der Waals surface area contributed by atoms with Gasteiger partial charge in [0, 0.05) is 12.0 Å². The van der Waals surface area contributed by atoms with Crippen molar-refractivity contribution >= 4 is 18.0 Å². The van der Waals surface area contributed by atoms with Crippen LogP contribution >= 0.6 is 0 Å². The standard InChI is InChI=1S/C25H29N3O6/c1-3-15-33-21-12-9-19(10-13-21)18-26-27-25(30)20-11-14-22(23(17-20)32-2)34-16-7-5-4-6-8-24(29)28-31/h1,9-14,17-18,31H,4-8,15-16H2,2H3,(H,27,30)(H,28,29)/b26-18+. The summed E-state index contributed by atoms with van der Waals surface area (Å²) in [6, 6.07) is 12.0. The molecule has 0 radical (unpaired) electrons. The van der Waals surface area contributed by atoms with Crippen molar-refractivity contribution in [1.82, 2.24) is 10.9 Å². The van der Waals surface area contributed by atoms with Crippen molar-refractivity contribution in [3.05, 3.63) is 53.6 Å². The van der Waals surface area contributed by atoms with Gasteiger partial charge in [-0.3, -0.25) is 14.8 Å². The number of hydroxylamine groups is 1. The lowest BCUT2D eigenvalue weighted by Gasteiger charge is -2.12. The maximum atomic E-state index is 12.4. The van der Waals surface area contributed by atoms with Crippen molar-refractivity contribution in [1.29, 1.82) is 0 Å². The lowest BCUT2D eigenvalue weighted by Crippen LogP contribution is -2.17. The fourth-order valence-corrected chi connectivity index (χ4v) is 2.91. The number of terminal acetylenes is 1. The number of nitrogens with one attached hydrogen (secondary N) is 2. The maximum Gasteiger partial charge on any atom is 0.271 e. The van der Waals surface area contributed by atoms with Crippen LogP contribution in [0.5, 0.6) is 17.2 Å². The minimum Gasteiger partial charge on any atom is -0.493 e. The van der Waals surface area contributed by atoms with E-state index < -0.39 is 0 Å². The Morgan fingerprint density at radius 2 is 1.82 bits per heavy atom. The van der Waals surface area contributed by atoms with Crippen LogP contribution in [0, 0.1) is 12.3 Å². The third kappa shape index (κ3) is 9.22. The summed E-state index contributed by atoms with van der Waals surface area (Å²) in [4.78, 5) is 23.4. The van der Waals surface area contributed by atoms with E-state index in [0.717, 1.165) is 24.8 Å². The minimum atomic E-state index is -0.387. The number of hydrogen-bond acceptors (Lipinski definition) is 7. The van der Waals surface area contributed by atoms with E-state index in [9.17, 15) is 9.59 Å². The molecule has 34 heavy (non-hydrogen) atoms. The predicted molar refractivity (Wildman–Crippen MR) is 127 cm³/mol. The molecule has 3 N–H and O–H groups in total. The van der Waals surface area contributed by atoms with E-state index in [1.54, 1.807) is 47.9 Å². The molecule has 180 valence electrons. The topological polar surface area (TPSA) is 118 Å². The monoisotopic (exact) mass is 467 g/mol. The highest BCUT2D eigenvalue weighted by Gasteiger charge is 2.11. The lowest BCUT2D eigenvalue weighted by atomic mass is 10.1. The number of carbonyl (C=O) groups is 2. The van der Waals surface area contributed by atoms with Gasteiger partial charge in [-0.1, -0.05) is 18.8 Å². The number of ether oxygens (including phenoxy) is 3. The molecule has 0 aromatic heterocycles. The van der Waals surface area contributed by atoms with Gasteiger partial charge in [-0.15, -0.1) is 6.42 Å². The van der Waals surface area contributed by atoms with Gasteiger partial charge in [0.2, 0.25) is 5.91 Å². The minimum absolute atomic E-state index is 0.199. The highest BCUT2D eigenvalue weighted by atomic mass is 16.5. The number of nitrogens with zero attached hydrogens (tertiary/aromatic N) is 1. The molecular weight excluding hydrogens is 438 g/mol. The molecule has 0 atom stereocenters. The smallest absolute Gasteiger partial charge is 0.271 e. The van der Waals surface area contributed by atoms with Crippen LogP contribution in [0.2, 0.25) is 0 Å². The largest absolute Gasteiger partial charge is 0.493 e. The second-order valence-electron chi connectivity index (χ2n) is 7.17. The van der Waals surface area contributed by atoms with E-state index in [4.69, 9.17) is 25.8 Å². The summed E-state index contributed by atoms with van der Waals surface area (Å²) in [5, 5.41) is 12.4. The first kappa shape index (κ1) is 26.2. The van der Waals surface area contributed by atoms with Crippen LogP contribution in [0.4, 0.5) is 0 Å². The summed E-state index contributed by atoms with van der Waals surface area (Å²) >= 11 is 0. The van der Waals surface area contributed by atoms with Crippen molar-refractivity contribution in [2.75, 3.05) is 20.3 Å². The Morgan fingerprint density at radius 1 is 1.06 bits per heavy atom. The number of carbonyl (C=O) groups excluding carboxylic acids is 2. The van der Waals surface area contributed by atoms with Gasteiger partial charge in [-0.25, -0.2) is 10.9 Å². The van der Waals surface area contributed by atoms with E-state index in [1.807, 2.05) is 0 Å². The third-order valence-corrected chi connectivity index (χ3v) is 4.69. The molecule has 2 aromatic rings. The fourth-order valence-electron chi connectivity index (χ4n) is 2.91. The zero-order chi connectivity index (χ0) is 24.6. The number of hydrogen-bond donors (Lipinski definition) is 3.